The summed E-state index contributed by atoms with van der Waals surface area (Å²) < 4.78 is 44.5. The van der Waals surface area contributed by atoms with Crippen LogP contribution in [0, 0.1) is 11.6 Å². The molecular weight excluding hydrogens is 720 g/mol. The highest BCUT2D eigenvalue weighted by molar-refractivity contribution is 7.22. The number of fused-ring (bicyclic) bond motifs is 1. The second-order valence-electron chi connectivity index (χ2n) is 12.4. The van der Waals surface area contributed by atoms with Crippen molar-refractivity contribution in [3.05, 3.63) is 149 Å². The maximum atomic E-state index is 14.3. The molecule has 2 heterocycles. The lowest BCUT2D eigenvalue weighted by atomic mass is 9.97. The number of nitrogens with zero attached hydrogens (tertiary/aromatic N) is 1. The van der Waals surface area contributed by atoms with Gasteiger partial charge in [0.1, 0.15) is 35.5 Å². The van der Waals surface area contributed by atoms with Gasteiger partial charge in [0.2, 0.25) is 0 Å². The number of esters is 2. The maximum Gasteiger partial charge on any atom is 0.343 e. The number of ketones is 1. The number of carbonyl (C=O) groups is 3. The predicted octanol–water partition coefficient (Wildman–Crippen LogP) is 9.80. The normalized spacial score (nSPS) is 12.9. The lowest BCUT2D eigenvalue weighted by Crippen LogP contribution is -2.33. The van der Waals surface area contributed by atoms with E-state index in [0.717, 1.165) is 19.6 Å². The van der Waals surface area contributed by atoms with Crippen LogP contribution >= 0.6 is 23.7 Å². The van der Waals surface area contributed by atoms with Gasteiger partial charge in [0.25, 0.3) is 0 Å². The minimum Gasteiger partial charge on any atom is -0.492 e. The molecule has 0 amide bonds. The smallest absolute Gasteiger partial charge is 0.343 e. The van der Waals surface area contributed by atoms with E-state index < -0.39 is 23.6 Å². The van der Waals surface area contributed by atoms with Gasteiger partial charge in [0.05, 0.1) is 11.1 Å². The van der Waals surface area contributed by atoms with Crippen LogP contribution in [0.5, 0.6) is 17.2 Å². The fraction of sp³-hybridized carbons (Fsp3) is 0.167. The molecule has 0 N–H and O–H groups in total. The largest absolute Gasteiger partial charge is 0.492 e. The molecule has 0 radical (unpaired) electrons. The monoisotopic (exact) mass is 753 g/mol. The number of thiophene rings is 1. The Morgan fingerprint density at radius 3 is 1.75 bits per heavy atom. The van der Waals surface area contributed by atoms with Crippen molar-refractivity contribution in [1.82, 2.24) is 4.90 Å². The highest BCUT2D eigenvalue weighted by Gasteiger charge is 2.23. The molecule has 7 rings (SSSR count). The molecule has 0 spiro atoms. The first-order valence-corrected chi connectivity index (χ1v) is 17.7. The fourth-order valence-electron chi connectivity index (χ4n) is 6.07. The summed E-state index contributed by atoms with van der Waals surface area (Å²) >= 11 is 1.35. The Labute approximate surface area is 315 Å². The number of hydrogen-bond acceptors (Lipinski definition) is 8. The third kappa shape index (κ3) is 8.97. The molecule has 1 aliphatic heterocycles. The molecule has 1 aliphatic rings. The topological polar surface area (TPSA) is 82.1 Å². The molecule has 1 aromatic heterocycles. The average Bonchev–Trinajstić information content (AvgIpc) is 3.55. The van der Waals surface area contributed by atoms with Crippen LogP contribution < -0.4 is 14.2 Å². The number of piperidine rings is 1. The van der Waals surface area contributed by atoms with Crippen molar-refractivity contribution in [1.29, 1.82) is 0 Å². The van der Waals surface area contributed by atoms with E-state index in [0.29, 0.717) is 44.0 Å². The molecule has 6 aromatic rings. The predicted molar refractivity (Wildman–Crippen MR) is 203 cm³/mol. The van der Waals surface area contributed by atoms with Crippen LogP contribution in [0.2, 0.25) is 0 Å². The van der Waals surface area contributed by atoms with E-state index in [1.165, 1.54) is 79.1 Å². The van der Waals surface area contributed by atoms with Gasteiger partial charge in [-0.1, -0.05) is 6.42 Å². The zero-order valence-electron chi connectivity index (χ0n) is 28.4. The maximum absolute atomic E-state index is 14.3. The number of halogens is 3. The number of hydrogen-bond donors (Lipinski definition) is 0. The van der Waals surface area contributed by atoms with E-state index in [2.05, 4.69) is 4.90 Å². The van der Waals surface area contributed by atoms with Gasteiger partial charge >= 0.3 is 11.9 Å². The van der Waals surface area contributed by atoms with Crippen molar-refractivity contribution in [2.45, 2.75) is 19.3 Å². The van der Waals surface area contributed by atoms with E-state index in [1.54, 1.807) is 66.7 Å². The van der Waals surface area contributed by atoms with Crippen molar-refractivity contribution in [3.63, 3.8) is 0 Å². The molecule has 11 heteroatoms. The molecule has 0 atom stereocenters. The zero-order chi connectivity index (χ0) is 36.0. The van der Waals surface area contributed by atoms with Gasteiger partial charge in [0, 0.05) is 32.6 Å². The van der Waals surface area contributed by atoms with Gasteiger partial charge in [-0.25, -0.2) is 18.4 Å². The SMILES string of the molecule is Cl.O=C(Oc1ccc(-c2sc3cc(OC(=O)c4ccc(F)cc4)ccc3c2C(=O)c2ccc(OCCN3CCCCC3)cc2)cc1)c1ccc(F)cc1. The highest BCUT2D eigenvalue weighted by Crippen LogP contribution is 2.42. The van der Waals surface area contributed by atoms with Crippen molar-refractivity contribution in [3.8, 4) is 27.7 Å². The molecule has 1 fully saturated rings. The standard InChI is InChI=1S/C42H33F2NO6S.ClH/c43-31-12-4-29(5-13-31)41(47)50-34-18-10-28(11-19-34)40-38(39(46)27-8-16-33(17-9-27)49-25-24-45-22-2-1-3-23-45)36-21-20-35(26-37(36)52-40)51-42(48)30-6-14-32(44)15-7-30;/h4-21,26H,1-3,22-25H2;1H. The minimum absolute atomic E-state index is 0. The first-order chi connectivity index (χ1) is 25.3. The quantitative estimate of drug-likeness (QED) is 0.0740. The molecule has 0 bridgehead atoms. The Balaban J connectivity index is 0.00000481. The van der Waals surface area contributed by atoms with Crippen molar-refractivity contribution in [2.75, 3.05) is 26.2 Å². The van der Waals surface area contributed by atoms with Gasteiger partial charge in [0.15, 0.2) is 5.78 Å². The molecule has 1 saturated heterocycles. The average molecular weight is 754 g/mol. The van der Waals surface area contributed by atoms with E-state index in [1.807, 2.05) is 0 Å². The van der Waals surface area contributed by atoms with Crippen LogP contribution in [-0.4, -0.2) is 48.9 Å². The minimum atomic E-state index is -0.642. The molecule has 5 aromatic carbocycles. The molecule has 270 valence electrons. The number of ether oxygens (including phenoxy) is 3. The first-order valence-electron chi connectivity index (χ1n) is 16.9. The third-order valence-electron chi connectivity index (χ3n) is 8.83. The van der Waals surface area contributed by atoms with Crippen LogP contribution in [-0.2, 0) is 0 Å². The number of carbonyl (C=O) groups excluding carboxylic acids is 3. The Morgan fingerprint density at radius 1 is 0.623 bits per heavy atom. The molecular formula is C42H34ClF2NO6S. The summed E-state index contributed by atoms with van der Waals surface area (Å²) in [6.07, 6.45) is 3.71. The number of likely N-dealkylation sites (tertiary alicyclic amines) is 1. The van der Waals surface area contributed by atoms with Crippen LogP contribution in [0.3, 0.4) is 0 Å². The van der Waals surface area contributed by atoms with Gasteiger partial charge in [-0.2, -0.15) is 0 Å². The summed E-state index contributed by atoms with van der Waals surface area (Å²) in [5.41, 5.74) is 2.04. The second-order valence-corrected chi connectivity index (χ2v) is 13.4. The molecule has 0 aliphatic carbocycles. The summed E-state index contributed by atoms with van der Waals surface area (Å²) in [5.74, 6) is -1.17. The second kappa shape index (κ2) is 16.9. The van der Waals surface area contributed by atoms with Crippen molar-refractivity contribution >= 4 is 51.6 Å². The molecule has 53 heavy (non-hydrogen) atoms. The van der Waals surface area contributed by atoms with Crippen LogP contribution in [0.15, 0.2) is 115 Å². The van der Waals surface area contributed by atoms with E-state index >= 15 is 0 Å². The summed E-state index contributed by atoms with van der Waals surface area (Å²) in [4.78, 5) is 42.7. The number of benzene rings is 5. The highest BCUT2D eigenvalue weighted by atomic mass is 35.5. The summed E-state index contributed by atoms with van der Waals surface area (Å²) in [6.45, 7) is 3.61. The number of rotatable bonds is 11. The van der Waals surface area contributed by atoms with Gasteiger partial charge in [-0.15, -0.1) is 23.7 Å². The van der Waals surface area contributed by atoms with Gasteiger partial charge < -0.3 is 14.2 Å². The Hall–Kier alpha value is -5.42. The van der Waals surface area contributed by atoms with E-state index in [9.17, 15) is 23.2 Å². The lowest BCUT2D eigenvalue weighted by Gasteiger charge is -2.26. The van der Waals surface area contributed by atoms with Crippen molar-refractivity contribution in [2.24, 2.45) is 0 Å². The zero-order valence-corrected chi connectivity index (χ0v) is 30.0. The first kappa shape index (κ1) is 37.3. The van der Waals surface area contributed by atoms with Gasteiger partial charge in [-0.3, -0.25) is 9.69 Å². The van der Waals surface area contributed by atoms with Crippen molar-refractivity contribution < 1.29 is 37.4 Å². The lowest BCUT2D eigenvalue weighted by molar-refractivity contribution is 0.0725. The van der Waals surface area contributed by atoms with E-state index in [4.69, 9.17) is 14.2 Å². The molecule has 0 unspecified atom stereocenters. The van der Waals surface area contributed by atoms with Gasteiger partial charge in [-0.05, 0) is 147 Å². The van der Waals surface area contributed by atoms with E-state index in [-0.39, 0.29) is 40.8 Å². The van der Waals surface area contributed by atoms with Crippen LogP contribution in [0.4, 0.5) is 8.78 Å². The van der Waals surface area contributed by atoms with Crippen LogP contribution in [0.1, 0.15) is 55.9 Å². The Morgan fingerprint density at radius 2 is 1.15 bits per heavy atom. The molecule has 7 nitrogen and oxygen atoms in total. The fourth-order valence-corrected chi connectivity index (χ4v) is 7.30. The third-order valence-corrected chi connectivity index (χ3v) is 10.0. The Bertz CT molecular complexity index is 2220. The molecule has 0 saturated carbocycles. The Kier molecular flexibility index (Phi) is 11.9. The van der Waals surface area contributed by atoms with Crippen LogP contribution in [0.25, 0.3) is 20.5 Å². The summed E-state index contributed by atoms with van der Waals surface area (Å²) in [6, 6.07) is 29.1. The summed E-state index contributed by atoms with van der Waals surface area (Å²) in [7, 11) is 0. The summed E-state index contributed by atoms with van der Waals surface area (Å²) in [5, 5.41) is 0.667.